The fourth-order valence-electron chi connectivity index (χ4n) is 1.78. The van der Waals surface area contributed by atoms with Crippen LogP contribution in [-0.4, -0.2) is 4.98 Å². The van der Waals surface area contributed by atoms with Crippen LogP contribution in [0.1, 0.15) is 0 Å². The van der Waals surface area contributed by atoms with Gasteiger partial charge in [-0.1, -0.05) is 30.3 Å². The van der Waals surface area contributed by atoms with E-state index in [-0.39, 0.29) is 5.63 Å². The Hall–Kier alpha value is -2.42. The fourth-order valence-corrected chi connectivity index (χ4v) is 1.78. The summed E-state index contributed by atoms with van der Waals surface area (Å²) >= 11 is 0. The van der Waals surface area contributed by atoms with Gasteiger partial charge >= 0.3 is 5.63 Å². The monoisotopic (exact) mass is 223 g/mol. The molecule has 0 spiro atoms. The zero-order valence-corrected chi connectivity index (χ0v) is 8.96. The zero-order valence-electron chi connectivity index (χ0n) is 8.96. The number of pyridine rings is 1. The van der Waals surface area contributed by atoms with Gasteiger partial charge in [0.1, 0.15) is 5.58 Å². The molecule has 0 N–H and O–H groups in total. The first-order valence-corrected chi connectivity index (χ1v) is 5.28. The lowest BCUT2D eigenvalue weighted by atomic mass is 10.1. The number of fused-ring (bicyclic) bond motifs is 1. The molecule has 0 atom stereocenters. The first-order chi connectivity index (χ1) is 8.34. The summed E-state index contributed by atoms with van der Waals surface area (Å²) in [5.41, 5.74) is 1.65. The molecule has 0 aliphatic rings. The number of benzene rings is 1. The zero-order chi connectivity index (χ0) is 11.7. The summed E-state index contributed by atoms with van der Waals surface area (Å²) in [6.07, 6.45) is 3.29. The second kappa shape index (κ2) is 3.87. The summed E-state index contributed by atoms with van der Waals surface area (Å²) in [5, 5.41) is 0.825. The van der Waals surface area contributed by atoms with Crippen LogP contribution in [0, 0.1) is 0 Å². The van der Waals surface area contributed by atoms with E-state index in [0.717, 1.165) is 10.9 Å². The van der Waals surface area contributed by atoms with Gasteiger partial charge < -0.3 is 4.42 Å². The standard InChI is InChI=1S/C14H9NO2/c16-14-12(10-4-2-1-3-5-10)8-11-9-15-7-6-13(11)17-14/h1-9H. The minimum Gasteiger partial charge on any atom is -0.422 e. The van der Waals surface area contributed by atoms with Gasteiger partial charge in [-0.2, -0.15) is 0 Å². The molecule has 3 rings (SSSR count). The molecule has 0 bridgehead atoms. The molecule has 3 heteroatoms. The van der Waals surface area contributed by atoms with Gasteiger partial charge in [0.2, 0.25) is 0 Å². The molecule has 1 aromatic carbocycles. The van der Waals surface area contributed by atoms with Crippen molar-refractivity contribution in [3.8, 4) is 11.1 Å². The van der Waals surface area contributed by atoms with Crippen molar-refractivity contribution in [3.63, 3.8) is 0 Å². The summed E-state index contributed by atoms with van der Waals surface area (Å²) < 4.78 is 5.25. The van der Waals surface area contributed by atoms with Gasteiger partial charge in [0.25, 0.3) is 0 Å². The van der Waals surface area contributed by atoms with Gasteiger partial charge in [-0.25, -0.2) is 4.79 Å². The largest absolute Gasteiger partial charge is 0.422 e. The molecule has 0 aliphatic carbocycles. The van der Waals surface area contributed by atoms with Crippen molar-refractivity contribution in [2.45, 2.75) is 0 Å². The summed E-state index contributed by atoms with van der Waals surface area (Å²) in [6, 6.07) is 13.0. The van der Waals surface area contributed by atoms with Crippen molar-refractivity contribution in [1.82, 2.24) is 4.98 Å². The number of rotatable bonds is 1. The van der Waals surface area contributed by atoms with E-state index in [1.54, 1.807) is 18.5 Å². The van der Waals surface area contributed by atoms with E-state index < -0.39 is 0 Å². The Labute approximate surface area is 97.4 Å². The highest BCUT2D eigenvalue weighted by atomic mass is 16.4. The molecule has 3 aromatic rings. The highest BCUT2D eigenvalue weighted by molar-refractivity contribution is 5.80. The number of hydrogen-bond donors (Lipinski definition) is 0. The van der Waals surface area contributed by atoms with Gasteiger partial charge in [-0.15, -0.1) is 0 Å². The van der Waals surface area contributed by atoms with Gasteiger partial charge in [0.05, 0.1) is 5.56 Å². The van der Waals surface area contributed by atoms with Gasteiger partial charge in [0, 0.05) is 17.8 Å². The third-order valence-corrected chi connectivity index (χ3v) is 2.62. The molecule has 82 valence electrons. The predicted octanol–water partition coefficient (Wildman–Crippen LogP) is 2.86. The third kappa shape index (κ3) is 1.72. The summed E-state index contributed by atoms with van der Waals surface area (Å²) in [5.74, 6) is 0. The van der Waals surface area contributed by atoms with Crippen molar-refractivity contribution in [2.75, 3.05) is 0 Å². The van der Waals surface area contributed by atoms with E-state index in [0.29, 0.717) is 11.1 Å². The second-order valence-electron chi connectivity index (χ2n) is 3.73. The van der Waals surface area contributed by atoms with E-state index in [2.05, 4.69) is 4.98 Å². The van der Waals surface area contributed by atoms with Gasteiger partial charge in [-0.05, 0) is 17.7 Å². The smallest absolute Gasteiger partial charge is 0.344 e. The lowest BCUT2D eigenvalue weighted by Gasteiger charge is -2.01. The lowest BCUT2D eigenvalue weighted by Crippen LogP contribution is -2.02. The fraction of sp³-hybridized carbons (Fsp3) is 0. The van der Waals surface area contributed by atoms with Crippen LogP contribution in [0.25, 0.3) is 22.1 Å². The minimum absolute atomic E-state index is 0.324. The Morgan fingerprint density at radius 1 is 1.06 bits per heavy atom. The van der Waals surface area contributed by atoms with Crippen LogP contribution in [-0.2, 0) is 0 Å². The molecule has 0 amide bonds. The second-order valence-corrected chi connectivity index (χ2v) is 3.73. The first kappa shape index (κ1) is 9.78. The van der Waals surface area contributed by atoms with Crippen molar-refractivity contribution < 1.29 is 4.42 Å². The maximum absolute atomic E-state index is 11.8. The molecule has 0 radical (unpaired) electrons. The molecule has 0 unspecified atom stereocenters. The first-order valence-electron chi connectivity index (χ1n) is 5.28. The Balaban J connectivity index is 2.31. The summed E-state index contributed by atoms with van der Waals surface area (Å²) in [4.78, 5) is 15.9. The number of nitrogens with zero attached hydrogens (tertiary/aromatic N) is 1. The Bertz CT molecular complexity index is 717. The van der Waals surface area contributed by atoms with Crippen molar-refractivity contribution in [1.29, 1.82) is 0 Å². The highest BCUT2D eigenvalue weighted by Crippen LogP contribution is 2.19. The molecular formula is C14H9NO2. The van der Waals surface area contributed by atoms with Crippen LogP contribution in [0.4, 0.5) is 0 Å². The molecule has 17 heavy (non-hydrogen) atoms. The van der Waals surface area contributed by atoms with Gasteiger partial charge in [0.15, 0.2) is 0 Å². The van der Waals surface area contributed by atoms with E-state index in [1.807, 2.05) is 36.4 Å². The van der Waals surface area contributed by atoms with Crippen molar-refractivity contribution in [3.05, 3.63) is 65.3 Å². The molecule has 0 fully saturated rings. The number of aromatic nitrogens is 1. The van der Waals surface area contributed by atoms with Crippen LogP contribution >= 0.6 is 0 Å². The lowest BCUT2D eigenvalue weighted by molar-refractivity contribution is 0.563. The highest BCUT2D eigenvalue weighted by Gasteiger charge is 2.06. The average molecular weight is 223 g/mol. The van der Waals surface area contributed by atoms with E-state index in [4.69, 9.17) is 4.42 Å². The molecule has 0 saturated carbocycles. The maximum atomic E-state index is 11.8. The predicted molar refractivity (Wildman–Crippen MR) is 65.7 cm³/mol. The van der Waals surface area contributed by atoms with Crippen molar-refractivity contribution >= 4 is 11.0 Å². The molecular weight excluding hydrogens is 214 g/mol. The normalized spacial score (nSPS) is 10.6. The minimum atomic E-state index is -0.324. The van der Waals surface area contributed by atoms with Crippen LogP contribution < -0.4 is 5.63 Å². The summed E-state index contributed by atoms with van der Waals surface area (Å²) in [7, 11) is 0. The quantitative estimate of drug-likeness (QED) is 0.637. The van der Waals surface area contributed by atoms with Crippen LogP contribution in [0.5, 0.6) is 0 Å². The summed E-state index contributed by atoms with van der Waals surface area (Å²) in [6.45, 7) is 0. The maximum Gasteiger partial charge on any atom is 0.344 e. The molecule has 2 heterocycles. The van der Waals surface area contributed by atoms with E-state index >= 15 is 0 Å². The van der Waals surface area contributed by atoms with Crippen LogP contribution in [0.2, 0.25) is 0 Å². The Morgan fingerprint density at radius 2 is 1.88 bits per heavy atom. The van der Waals surface area contributed by atoms with Gasteiger partial charge in [-0.3, -0.25) is 4.98 Å². The third-order valence-electron chi connectivity index (χ3n) is 2.62. The number of hydrogen-bond acceptors (Lipinski definition) is 3. The van der Waals surface area contributed by atoms with E-state index in [9.17, 15) is 4.79 Å². The Morgan fingerprint density at radius 3 is 2.71 bits per heavy atom. The SMILES string of the molecule is O=c1oc2ccncc2cc1-c1ccccc1. The Kier molecular flexibility index (Phi) is 2.22. The van der Waals surface area contributed by atoms with E-state index in [1.165, 1.54) is 0 Å². The van der Waals surface area contributed by atoms with Crippen LogP contribution in [0.15, 0.2) is 64.1 Å². The van der Waals surface area contributed by atoms with Crippen LogP contribution in [0.3, 0.4) is 0 Å². The molecule has 0 saturated heterocycles. The molecule has 3 nitrogen and oxygen atoms in total. The van der Waals surface area contributed by atoms with Crippen molar-refractivity contribution in [2.24, 2.45) is 0 Å². The topological polar surface area (TPSA) is 43.1 Å². The molecule has 2 aromatic heterocycles. The molecule has 0 aliphatic heterocycles. The average Bonchev–Trinajstić information content (AvgIpc) is 2.39.